The highest BCUT2D eigenvalue weighted by Gasteiger charge is 2.30. The molecule has 1 fully saturated rings. The Kier molecular flexibility index (Phi) is 20.5. The van der Waals surface area contributed by atoms with Gasteiger partial charge in [-0.2, -0.15) is 0 Å². The first-order valence-corrected chi connectivity index (χ1v) is 25.8. The SMILES string of the molecule is C#Cc1ccccn1.CC1CCc2nc3cc(Br)ccn3c(=O)c2CC1.CC1CCc2nc3cc(C#Cc4ccccn4)ccn3c(=O)c2CC1.COC(=O)C1CCC(C)CCC1=O.Nc1cc(Br)ccn1. The van der Waals surface area contributed by atoms with E-state index in [1.807, 2.05) is 60.7 Å². The van der Waals surface area contributed by atoms with E-state index < -0.39 is 5.92 Å². The van der Waals surface area contributed by atoms with E-state index in [1.165, 1.54) is 7.11 Å². The van der Waals surface area contributed by atoms with Crippen LogP contribution in [0.3, 0.4) is 0 Å². The normalized spacial score (nSPS) is 17.9. The van der Waals surface area contributed by atoms with Crippen molar-refractivity contribution in [1.82, 2.24) is 33.7 Å². The second-order valence-electron chi connectivity index (χ2n) is 18.3. The Morgan fingerprint density at radius 3 is 1.71 bits per heavy atom. The standard InChI is InChI=1S/C21H19N3O.C14H15BrN2O.C10H16O3.C7H5N.C5H5BrN2/c1-15-5-9-18-19(10-6-15)23-20-14-16(11-13-24(20)21(18)25)7-8-17-4-2-3-12-22-17;1-9-2-4-11-12(5-3-9)16-13-8-10(15)6-7-17(13)14(11)18;1-7-3-5-8(10(12)13-2)9(11)6-4-7;1-2-7-5-3-4-6-8-7;6-4-1-2-8-5(7)3-4/h2-4,11-15H,5-6,9-10H2,1H3;6-9H,2-5H2,1H3;7-8H,3-6H2,1-2H3;1,3-6H;1-3H,(H2,7,8). The molecule has 0 aromatic carbocycles. The Hall–Kier alpha value is -6.81. The number of carbonyl (C=O) groups is 2. The average Bonchev–Trinajstić information content (AvgIpc) is 3.78. The fraction of sp³-hybridized carbons (Fsp3) is 0.351. The van der Waals surface area contributed by atoms with Crippen molar-refractivity contribution in [3.05, 3.63) is 173 Å². The first-order valence-electron chi connectivity index (χ1n) is 24.2. The van der Waals surface area contributed by atoms with Gasteiger partial charge < -0.3 is 10.5 Å². The molecule has 3 aliphatic rings. The maximum absolute atomic E-state index is 12.8. The maximum Gasteiger partial charge on any atom is 0.316 e. The number of pyridine rings is 5. The van der Waals surface area contributed by atoms with E-state index >= 15 is 0 Å². The summed E-state index contributed by atoms with van der Waals surface area (Å²) in [6, 6.07) is 22.2. The van der Waals surface area contributed by atoms with Crippen molar-refractivity contribution < 1.29 is 14.3 Å². The van der Waals surface area contributed by atoms with Crippen LogP contribution in [-0.2, 0) is 40.0 Å². The molecule has 72 heavy (non-hydrogen) atoms. The zero-order valence-electron chi connectivity index (χ0n) is 41.2. The largest absolute Gasteiger partial charge is 0.468 e. The zero-order chi connectivity index (χ0) is 51.6. The number of esters is 1. The number of terminal acetylenes is 1. The zero-order valence-corrected chi connectivity index (χ0v) is 44.4. The average molecular weight is 1100 g/mol. The summed E-state index contributed by atoms with van der Waals surface area (Å²) >= 11 is 6.66. The van der Waals surface area contributed by atoms with Crippen molar-refractivity contribution in [1.29, 1.82) is 0 Å². The van der Waals surface area contributed by atoms with Gasteiger partial charge in [-0.05, 0) is 155 Å². The molecular weight excluding hydrogens is 1040 g/mol. The van der Waals surface area contributed by atoms with Crippen molar-refractivity contribution in [3.8, 4) is 24.2 Å². The van der Waals surface area contributed by atoms with Gasteiger partial charge in [0.05, 0.1) is 18.5 Å². The molecule has 7 aromatic rings. The quantitative estimate of drug-likeness (QED) is 0.0544. The highest BCUT2D eigenvalue weighted by molar-refractivity contribution is 9.10. The van der Waals surface area contributed by atoms with Crippen LogP contribution >= 0.6 is 31.9 Å². The van der Waals surface area contributed by atoms with Crippen LogP contribution in [0.1, 0.15) is 112 Å². The summed E-state index contributed by atoms with van der Waals surface area (Å²) in [6.07, 6.45) is 24.6. The number of nitrogens with zero attached hydrogens (tertiary/aromatic N) is 7. The predicted molar refractivity (Wildman–Crippen MR) is 289 cm³/mol. The van der Waals surface area contributed by atoms with Crippen LogP contribution in [0.5, 0.6) is 0 Å². The summed E-state index contributed by atoms with van der Waals surface area (Å²) in [5.41, 5.74) is 12.9. The van der Waals surface area contributed by atoms with Crippen LogP contribution in [-0.4, -0.2) is 52.6 Å². The second kappa shape index (κ2) is 27.1. The molecule has 1 saturated carbocycles. The highest BCUT2D eigenvalue weighted by atomic mass is 79.9. The molecule has 0 radical (unpaired) electrons. The van der Waals surface area contributed by atoms with Crippen LogP contribution in [0.2, 0.25) is 0 Å². The molecule has 7 heterocycles. The molecule has 0 aliphatic heterocycles. The van der Waals surface area contributed by atoms with Crippen molar-refractivity contribution >= 4 is 60.7 Å². The maximum atomic E-state index is 12.8. The Morgan fingerprint density at radius 2 is 1.18 bits per heavy atom. The van der Waals surface area contributed by atoms with Crippen LogP contribution in [0, 0.1) is 47.9 Å². The van der Waals surface area contributed by atoms with Gasteiger partial charge in [0.15, 0.2) is 0 Å². The van der Waals surface area contributed by atoms with E-state index in [-0.39, 0.29) is 22.9 Å². The second-order valence-corrected chi connectivity index (χ2v) is 20.1. The minimum atomic E-state index is -0.491. The molecule has 13 nitrogen and oxygen atoms in total. The Balaban J connectivity index is 0.000000158. The summed E-state index contributed by atoms with van der Waals surface area (Å²) < 4.78 is 9.80. The number of nitrogen functional groups attached to an aromatic ring is 1. The lowest BCUT2D eigenvalue weighted by atomic mass is 9.98. The van der Waals surface area contributed by atoms with Crippen LogP contribution in [0.4, 0.5) is 5.82 Å². The van der Waals surface area contributed by atoms with Crippen LogP contribution < -0.4 is 16.9 Å². The van der Waals surface area contributed by atoms with E-state index in [1.54, 1.807) is 51.9 Å². The molecule has 10 rings (SSSR count). The number of aryl methyl sites for hydroxylation is 2. The van der Waals surface area contributed by atoms with Gasteiger partial charge in [-0.15, -0.1) is 6.42 Å². The lowest BCUT2D eigenvalue weighted by molar-refractivity contribution is -0.149. The Bertz CT molecular complexity index is 3180. The molecule has 2 N–H and O–H groups in total. The van der Waals surface area contributed by atoms with E-state index in [0.29, 0.717) is 47.8 Å². The number of hydrogen-bond acceptors (Lipinski definition) is 11. The number of ketones is 1. The topological polar surface area (TPSA) is 177 Å². The van der Waals surface area contributed by atoms with Crippen molar-refractivity contribution in [2.24, 2.45) is 23.7 Å². The smallest absolute Gasteiger partial charge is 0.316 e. The number of Topliss-reactive ketones (excluding diaryl/α,β-unsaturated/α-hetero) is 1. The van der Waals surface area contributed by atoms with Gasteiger partial charge in [-0.3, -0.25) is 28.0 Å². The molecular formula is C57H60Br2N8O5. The van der Waals surface area contributed by atoms with E-state index in [9.17, 15) is 19.2 Å². The van der Waals surface area contributed by atoms with Crippen LogP contribution in [0.15, 0.2) is 122 Å². The van der Waals surface area contributed by atoms with Gasteiger partial charge in [-0.25, -0.2) is 24.9 Å². The molecule has 0 bridgehead atoms. The number of methoxy groups -OCH3 is 1. The Labute approximate surface area is 437 Å². The fourth-order valence-corrected chi connectivity index (χ4v) is 9.08. The Morgan fingerprint density at radius 1 is 0.639 bits per heavy atom. The predicted octanol–water partition coefficient (Wildman–Crippen LogP) is 10.0. The lowest BCUT2D eigenvalue weighted by Gasteiger charge is -2.09. The summed E-state index contributed by atoms with van der Waals surface area (Å²) in [4.78, 5) is 69.2. The van der Waals surface area contributed by atoms with Gasteiger partial charge >= 0.3 is 5.97 Å². The number of halogens is 2. The lowest BCUT2D eigenvalue weighted by Crippen LogP contribution is -2.23. The molecule has 4 unspecified atom stereocenters. The first-order chi connectivity index (χ1) is 34.7. The van der Waals surface area contributed by atoms with E-state index in [2.05, 4.69) is 95.1 Å². The summed E-state index contributed by atoms with van der Waals surface area (Å²) in [5.74, 6) is 10.2. The number of anilines is 1. The summed E-state index contributed by atoms with van der Waals surface area (Å²) in [6.45, 7) is 6.61. The number of aromatic nitrogens is 7. The van der Waals surface area contributed by atoms with E-state index in [4.69, 9.17) is 17.1 Å². The van der Waals surface area contributed by atoms with Crippen molar-refractivity contribution in [2.75, 3.05) is 12.8 Å². The molecule has 372 valence electrons. The number of ether oxygens (including phenoxy) is 1. The molecule has 4 atom stereocenters. The third kappa shape index (κ3) is 15.8. The number of nitrogens with two attached hydrogens (primary N) is 1. The molecule has 0 saturated heterocycles. The van der Waals surface area contributed by atoms with Crippen LogP contribution in [0.25, 0.3) is 11.3 Å². The number of carbonyl (C=O) groups excluding carboxylic acids is 2. The number of fused-ring (bicyclic) bond motifs is 4. The highest BCUT2D eigenvalue weighted by Crippen LogP contribution is 2.26. The third-order valence-electron chi connectivity index (χ3n) is 12.8. The van der Waals surface area contributed by atoms with Crippen molar-refractivity contribution in [2.45, 2.75) is 97.8 Å². The minimum Gasteiger partial charge on any atom is -0.468 e. The molecule has 15 heteroatoms. The van der Waals surface area contributed by atoms with Gasteiger partial charge in [0, 0.05) is 63.0 Å². The van der Waals surface area contributed by atoms with E-state index in [0.717, 1.165) is 113 Å². The third-order valence-corrected chi connectivity index (χ3v) is 13.8. The molecule has 0 amide bonds. The molecule has 0 spiro atoms. The summed E-state index contributed by atoms with van der Waals surface area (Å²) in [5, 5.41) is 0. The van der Waals surface area contributed by atoms with Gasteiger partial charge in [0.1, 0.15) is 40.2 Å². The van der Waals surface area contributed by atoms with Gasteiger partial charge in [0.25, 0.3) is 11.1 Å². The molecule has 7 aromatic heterocycles. The number of hydrogen-bond donors (Lipinski definition) is 1. The van der Waals surface area contributed by atoms with Crippen molar-refractivity contribution in [3.63, 3.8) is 0 Å². The minimum absolute atomic E-state index is 0.0520. The molecule has 3 aliphatic carbocycles. The van der Waals surface area contributed by atoms with Gasteiger partial charge in [-0.1, -0.05) is 76.6 Å². The van der Waals surface area contributed by atoms with Gasteiger partial charge in [0.2, 0.25) is 0 Å². The first kappa shape index (κ1) is 54.5. The summed E-state index contributed by atoms with van der Waals surface area (Å²) in [7, 11) is 1.34. The number of rotatable bonds is 1. The fourth-order valence-electron chi connectivity index (χ4n) is 8.40. The monoisotopic (exact) mass is 1090 g/mol.